The van der Waals surface area contributed by atoms with Gasteiger partial charge in [0.1, 0.15) is 17.3 Å². The first-order chi connectivity index (χ1) is 13.4. The van der Waals surface area contributed by atoms with Gasteiger partial charge in [-0.2, -0.15) is 0 Å². The lowest BCUT2D eigenvalue weighted by molar-refractivity contribution is -0.115. The lowest BCUT2D eigenvalue weighted by atomic mass is 10.2. The van der Waals surface area contributed by atoms with Crippen LogP contribution in [0.5, 0.6) is 5.75 Å². The van der Waals surface area contributed by atoms with Crippen LogP contribution in [0.1, 0.15) is 5.76 Å². The number of amides is 1. The molecule has 0 saturated carbocycles. The Morgan fingerprint density at radius 2 is 1.89 bits per heavy atom. The zero-order valence-corrected chi connectivity index (χ0v) is 16.6. The molecule has 0 saturated heterocycles. The number of benzene rings is 2. The minimum Gasteiger partial charge on any atom is -0.506 e. The Balaban J connectivity index is 1.61. The summed E-state index contributed by atoms with van der Waals surface area (Å²) in [5, 5.41) is 16.0. The number of carbonyl (C=O) groups excluding carboxylic acids is 1. The number of anilines is 1. The molecular formula is C20H14Cl2N2O3S. The molecule has 3 aromatic rings. The number of carbonyl (C=O) groups is 1. The minimum absolute atomic E-state index is 0.0265. The summed E-state index contributed by atoms with van der Waals surface area (Å²) in [6.45, 7) is 0. The molecule has 0 bridgehead atoms. The maximum Gasteiger partial charge on any atom is 0.250 e. The summed E-state index contributed by atoms with van der Waals surface area (Å²) in [5.41, 5.74) is 1.09. The van der Waals surface area contributed by atoms with Gasteiger partial charge in [0.25, 0.3) is 0 Å². The van der Waals surface area contributed by atoms with Gasteiger partial charge < -0.3 is 14.8 Å². The van der Waals surface area contributed by atoms with Crippen molar-refractivity contribution in [3.8, 4) is 17.1 Å². The third-order valence-electron chi connectivity index (χ3n) is 3.61. The van der Waals surface area contributed by atoms with Crippen molar-refractivity contribution in [2.24, 2.45) is 0 Å². The van der Waals surface area contributed by atoms with Gasteiger partial charge in [0, 0.05) is 16.7 Å². The summed E-state index contributed by atoms with van der Waals surface area (Å²) in [6.07, 6.45) is 2.79. The zero-order valence-electron chi connectivity index (χ0n) is 14.3. The molecule has 0 aliphatic rings. The first kappa shape index (κ1) is 19.9. The highest BCUT2D eigenvalue weighted by Gasteiger charge is 2.09. The molecule has 28 heavy (non-hydrogen) atoms. The molecule has 1 aromatic heterocycles. The number of hydrogen-bond donors (Lipinski definition) is 3. The van der Waals surface area contributed by atoms with Crippen LogP contribution in [-0.4, -0.2) is 16.1 Å². The number of phenols is 1. The molecule has 0 spiro atoms. The highest BCUT2D eigenvalue weighted by atomic mass is 35.5. The summed E-state index contributed by atoms with van der Waals surface area (Å²) in [7, 11) is 0. The predicted molar refractivity (Wildman–Crippen MR) is 116 cm³/mol. The Labute approximate surface area is 176 Å². The molecule has 3 N–H and O–H groups in total. The second-order valence-corrected chi connectivity index (χ2v) is 6.87. The van der Waals surface area contributed by atoms with Gasteiger partial charge in [0.15, 0.2) is 5.11 Å². The molecule has 0 unspecified atom stereocenters. The van der Waals surface area contributed by atoms with E-state index in [1.54, 1.807) is 48.5 Å². The van der Waals surface area contributed by atoms with Crippen molar-refractivity contribution >= 4 is 58.2 Å². The van der Waals surface area contributed by atoms with Crippen LogP contribution in [-0.2, 0) is 4.79 Å². The smallest absolute Gasteiger partial charge is 0.250 e. The van der Waals surface area contributed by atoms with Gasteiger partial charge in [0.2, 0.25) is 5.91 Å². The number of phenolic OH excluding ortho intramolecular Hbond substituents is 1. The van der Waals surface area contributed by atoms with E-state index in [0.717, 1.165) is 0 Å². The monoisotopic (exact) mass is 432 g/mol. The molecule has 2 aromatic carbocycles. The summed E-state index contributed by atoms with van der Waals surface area (Å²) in [4.78, 5) is 12.0. The van der Waals surface area contributed by atoms with Crippen LogP contribution in [0.15, 0.2) is 65.1 Å². The van der Waals surface area contributed by atoms with Crippen molar-refractivity contribution in [2.45, 2.75) is 0 Å². The number of thiocarbonyl (C=S) groups is 1. The Morgan fingerprint density at radius 1 is 1.11 bits per heavy atom. The molecule has 0 fully saturated rings. The lowest BCUT2D eigenvalue weighted by Crippen LogP contribution is -2.32. The maximum absolute atomic E-state index is 12.0. The van der Waals surface area contributed by atoms with Gasteiger partial charge in [-0.05, 0) is 60.8 Å². The summed E-state index contributed by atoms with van der Waals surface area (Å²) in [5.74, 6) is 0.600. The van der Waals surface area contributed by atoms with Crippen LogP contribution in [0, 0.1) is 0 Å². The van der Waals surface area contributed by atoms with Crippen LogP contribution < -0.4 is 10.6 Å². The molecule has 142 valence electrons. The quantitative estimate of drug-likeness (QED) is 0.289. The van der Waals surface area contributed by atoms with E-state index in [1.165, 1.54) is 18.2 Å². The van der Waals surface area contributed by atoms with Crippen molar-refractivity contribution < 1.29 is 14.3 Å². The molecule has 8 heteroatoms. The molecule has 3 rings (SSSR count). The maximum atomic E-state index is 12.0. The number of aromatic hydroxyl groups is 1. The van der Waals surface area contributed by atoms with Crippen LogP contribution in [0.25, 0.3) is 17.4 Å². The number of halogens is 2. The van der Waals surface area contributed by atoms with Crippen molar-refractivity contribution in [3.05, 3.63) is 76.5 Å². The molecule has 0 radical (unpaired) electrons. The van der Waals surface area contributed by atoms with Crippen molar-refractivity contribution in [1.82, 2.24) is 5.32 Å². The van der Waals surface area contributed by atoms with E-state index in [9.17, 15) is 9.90 Å². The fourth-order valence-corrected chi connectivity index (χ4v) is 3.03. The molecule has 0 aliphatic carbocycles. The van der Waals surface area contributed by atoms with Crippen molar-refractivity contribution in [2.75, 3.05) is 5.32 Å². The lowest BCUT2D eigenvalue weighted by Gasteiger charge is -2.09. The zero-order chi connectivity index (χ0) is 20.1. The van der Waals surface area contributed by atoms with Gasteiger partial charge in [0.05, 0.1) is 10.7 Å². The van der Waals surface area contributed by atoms with Gasteiger partial charge in [-0.1, -0.05) is 35.3 Å². The Kier molecular flexibility index (Phi) is 6.36. The second kappa shape index (κ2) is 8.93. The number of para-hydroxylation sites is 2. The van der Waals surface area contributed by atoms with E-state index in [1.807, 2.05) is 0 Å². The van der Waals surface area contributed by atoms with E-state index in [2.05, 4.69) is 10.6 Å². The topological polar surface area (TPSA) is 74.5 Å². The van der Waals surface area contributed by atoms with Gasteiger partial charge in [-0.3, -0.25) is 10.1 Å². The van der Waals surface area contributed by atoms with Crippen molar-refractivity contribution in [3.63, 3.8) is 0 Å². The second-order valence-electron chi connectivity index (χ2n) is 5.62. The first-order valence-electron chi connectivity index (χ1n) is 8.05. The standard InChI is InChI=1S/C20H14Cl2N2O3S/c21-12-5-8-14(15(22)11-12)18-9-6-13(27-18)7-10-19(26)24-20(28)23-16-3-1-2-4-17(16)25/h1-11,25H,(H2,23,24,26,28)/b10-7+. The molecule has 1 heterocycles. The van der Waals surface area contributed by atoms with Crippen LogP contribution >= 0.6 is 35.4 Å². The number of nitrogens with one attached hydrogen (secondary N) is 2. The predicted octanol–water partition coefficient (Wildman–Crippen LogP) is 5.49. The van der Waals surface area contributed by atoms with E-state index in [0.29, 0.717) is 32.8 Å². The summed E-state index contributed by atoms with van der Waals surface area (Å²) >= 11 is 17.1. The van der Waals surface area contributed by atoms with Crippen molar-refractivity contribution in [1.29, 1.82) is 0 Å². The number of hydrogen-bond acceptors (Lipinski definition) is 4. The summed E-state index contributed by atoms with van der Waals surface area (Å²) < 4.78 is 5.68. The van der Waals surface area contributed by atoms with E-state index in [4.69, 9.17) is 39.8 Å². The SMILES string of the molecule is O=C(/C=C/c1ccc(-c2ccc(Cl)cc2Cl)o1)NC(=S)Nc1ccccc1O. The number of rotatable bonds is 4. The Bertz CT molecular complexity index is 1060. The number of furan rings is 1. The molecule has 0 atom stereocenters. The Morgan fingerprint density at radius 3 is 2.64 bits per heavy atom. The highest BCUT2D eigenvalue weighted by molar-refractivity contribution is 7.80. The average molecular weight is 433 g/mol. The fourth-order valence-electron chi connectivity index (χ4n) is 2.32. The van der Waals surface area contributed by atoms with Crippen LogP contribution in [0.4, 0.5) is 5.69 Å². The van der Waals surface area contributed by atoms with Crippen LogP contribution in [0.3, 0.4) is 0 Å². The molecular weight excluding hydrogens is 419 g/mol. The van der Waals surface area contributed by atoms with Gasteiger partial charge in [-0.25, -0.2) is 0 Å². The van der Waals surface area contributed by atoms with Crippen LogP contribution in [0.2, 0.25) is 10.0 Å². The van der Waals surface area contributed by atoms with E-state index < -0.39 is 5.91 Å². The average Bonchev–Trinajstić information content (AvgIpc) is 3.10. The summed E-state index contributed by atoms with van der Waals surface area (Å²) in [6, 6.07) is 15.1. The Hall–Kier alpha value is -2.80. The minimum atomic E-state index is -0.449. The molecule has 0 aliphatic heterocycles. The normalized spacial score (nSPS) is 10.8. The van der Waals surface area contributed by atoms with Gasteiger partial charge in [-0.15, -0.1) is 0 Å². The van der Waals surface area contributed by atoms with E-state index >= 15 is 0 Å². The molecule has 5 nitrogen and oxygen atoms in total. The first-order valence-corrected chi connectivity index (χ1v) is 9.22. The fraction of sp³-hybridized carbons (Fsp3) is 0. The third kappa shape index (κ3) is 5.13. The molecule has 1 amide bonds. The highest BCUT2D eigenvalue weighted by Crippen LogP contribution is 2.31. The van der Waals surface area contributed by atoms with E-state index in [-0.39, 0.29) is 10.9 Å². The third-order valence-corrected chi connectivity index (χ3v) is 4.36. The van der Waals surface area contributed by atoms with Gasteiger partial charge >= 0.3 is 0 Å². The largest absolute Gasteiger partial charge is 0.506 e.